The number of rotatable bonds is 2. The maximum atomic E-state index is 11.1. The van der Waals surface area contributed by atoms with Gasteiger partial charge in [-0.25, -0.2) is 9.59 Å². The molecule has 4 nitrogen and oxygen atoms in total. The largest absolute Gasteiger partial charge is 0.478 e. The SMILES string of the molecule is O=C(O)/C=C1\CCCc2c(C(=O)O)cccc21. The van der Waals surface area contributed by atoms with E-state index in [1.165, 1.54) is 6.08 Å². The van der Waals surface area contributed by atoms with Crippen LogP contribution in [0.2, 0.25) is 0 Å². The first-order valence-electron chi connectivity index (χ1n) is 5.38. The normalized spacial score (nSPS) is 16.6. The molecule has 1 aromatic rings. The van der Waals surface area contributed by atoms with Crippen molar-refractivity contribution in [3.8, 4) is 0 Å². The van der Waals surface area contributed by atoms with Gasteiger partial charge in [0.15, 0.2) is 0 Å². The van der Waals surface area contributed by atoms with Gasteiger partial charge in [0.2, 0.25) is 0 Å². The molecular formula is C13H12O4. The standard InChI is InChI=1S/C13H12O4/c14-12(15)7-8-3-1-5-10-9(8)4-2-6-11(10)13(16)17/h2,4,6-7H,1,3,5H2,(H,14,15)(H,16,17)/b8-7+. The summed E-state index contributed by atoms with van der Waals surface area (Å²) in [5.74, 6) is -1.95. The molecule has 1 aliphatic carbocycles. The molecule has 4 heteroatoms. The van der Waals surface area contributed by atoms with E-state index in [0.29, 0.717) is 18.4 Å². The van der Waals surface area contributed by atoms with Crippen molar-refractivity contribution in [3.63, 3.8) is 0 Å². The van der Waals surface area contributed by atoms with Crippen LogP contribution in [-0.4, -0.2) is 22.2 Å². The van der Waals surface area contributed by atoms with Crippen LogP contribution < -0.4 is 0 Å². The molecule has 0 heterocycles. The average Bonchev–Trinajstić information content (AvgIpc) is 2.28. The molecule has 17 heavy (non-hydrogen) atoms. The molecule has 0 amide bonds. The number of allylic oxidation sites excluding steroid dienone is 1. The lowest BCUT2D eigenvalue weighted by atomic mass is 9.84. The van der Waals surface area contributed by atoms with E-state index in [2.05, 4.69) is 0 Å². The third-order valence-electron chi connectivity index (χ3n) is 2.92. The minimum absolute atomic E-state index is 0.276. The molecule has 0 fully saturated rings. The van der Waals surface area contributed by atoms with Gasteiger partial charge in [-0.2, -0.15) is 0 Å². The van der Waals surface area contributed by atoms with E-state index in [1.54, 1.807) is 18.2 Å². The van der Waals surface area contributed by atoms with Crippen LogP contribution in [0.5, 0.6) is 0 Å². The summed E-state index contributed by atoms with van der Waals surface area (Å²) in [5, 5.41) is 17.9. The predicted molar refractivity (Wildman–Crippen MR) is 62.0 cm³/mol. The number of hydrogen-bond acceptors (Lipinski definition) is 2. The van der Waals surface area contributed by atoms with Gasteiger partial charge in [0.05, 0.1) is 5.56 Å². The summed E-state index contributed by atoms with van der Waals surface area (Å²) in [7, 11) is 0. The zero-order valence-electron chi connectivity index (χ0n) is 9.14. The highest BCUT2D eigenvalue weighted by atomic mass is 16.4. The average molecular weight is 232 g/mol. The highest BCUT2D eigenvalue weighted by molar-refractivity contribution is 5.95. The van der Waals surface area contributed by atoms with Crippen LogP contribution in [0.4, 0.5) is 0 Å². The topological polar surface area (TPSA) is 74.6 Å². The summed E-state index contributed by atoms with van der Waals surface area (Å²) in [4.78, 5) is 21.8. The van der Waals surface area contributed by atoms with Crippen molar-refractivity contribution in [1.29, 1.82) is 0 Å². The fourth-order valence-corrected chi connectivity index (χ4v) is 2.25. The summed E-state index contributed by atoms with van der Waals surface area (Å²) in [6.07, 6.45) is 3.33. The Hall–Kier alpha value is -2.10. The van der Waals surface area contributed by atoms with Gasteiger partial charge in [-0.15, -0.1) is 0 Å². The van der Waals surface area contributed by atoms with Crippen molar-refractivity contribution >= 4 is 17.5 Å². The second-order valence-corrected chi connectivity index (χ2v) is 4.00. The number of fused-ring (bicyclic) bond motifs is 1. The molecule has 0 saturated carbocycles. The van der Waals surface area contributed by atoms with Crippen LogP contribution in [0, 0.1) is 0 Å². The van der Waals surface area contributed by atoms with Gasteiger partial charge >= 0.3 is 11.9 Å². The minimum atomic E-state index is -0.992. The van der Waals surface area contributed by atoms with Crippen LogP contribution in [0.1, 0.15) is 34.3 Å². The maximum absolute atomic E-state index is 11.1. The number of carbonyl (C=O) groups is 2. The lowest BCUT2D eigenvalue weighted by Gasteiger charge is -2.20. The van der Waals surface area contributed by atoms with Gasteiger partial charge in [0.1, 0.15) is 0 Å². The first-order valence-corrected chi connectivity index (χ1v) is 5.38. The molecule has 0 aliphatic heterocycles. The van der Waals surface area contributed by atoms with Crippen LogP contribution in [0.3, 0.4) is 0 Å². The summed E-state index contributed by atoms with van der Waals surface area (Å²) in [6, 6.07) is 5.00. The highest BCUT2D eigenvalue weighted by Crippen LogP contribution is 2.32. The second kappa shape index (κ2) is 4.41. The van der Waals surface area contributed by atoms with E-state index in [-0.39, 0.29) is 5.56 Å². The van der Waals surface area contributed by atoms with Crippen LogP contribution in [0.25, 0.3) is 5.57 Å². The Kier molecular flexibility index (Phi) is 2.95. The summed E-state index contributed by atoms with van der Waals surface area (Å²) in [5.41, 5.74) is 2.50. The summed E-state index contributed by atoms with van der Waals surface area (Å²) in [6.45, 7) is 0. The first-order chi connectivity index (χ1) is 8.09. The third kappa shape index (κ3) is 2.20. The van der Waals surface area contributed by atoms with Crippen molar-refractivity contribution in [2.24, 2.45) is 0 Å². The number of aromatic carboxylic acids is 1. The fourth-order valence-electron chi connectivity index (χ4n) is 2.25. The van der Waals surface area contributed by atoms with Gasteiger partial charge in [-0.1, -0.05) is 12.1 Å². The van der Waals surface area contributed by atoms with E-state index >= 15 is 0 Å². The second-order valence-electron chi connectivity index (χ2n) is 4.00. The Labute approximate surface area is 98.2 Å². The molecule has 0 unspecified atom stereocenters. The number of carboxylic acids is 2. The van der Waals surface area contributed by atoms with Crippen molar-refractivity contribution in [2.45, 2.75) is 19.3 Å². The molecule has 0 radical (unpaired) electrons. The lowest BCUT2D eigenvalue weighted by molar-refractivity contribution is -0.131. The quantitative estimate of drug-likeness (QED) is 0.766. The molecule has 2 N–H and O–H groups in total. The van der Waals surface area contributed by atoms with Gasteiger partial charge in [0.25, 0.3) is 0 Å². The number of hydrogen-bond donors (Lipinski definition) is 2. The Bertz CT molecular complexity index is 514. The fraction of sp³-hybridized carbons (Fsp3) is 0.231. The number of carboxylic acid groups (broad SMARTS) is 2. The van der Waals surface area contributed by atoms with E-state index in [9.17, 15) is 9.59 Å². The molecule has 88 valence electrons. The van der Waals surface area contributed by atoms with Gasteiger partial charge in [-0.3, -0.25) is 0 Å². The van der Waals surface area contributed by atoms with Gasteiger partial charge in [0, 0.05) is 6.08 Å². The van der Waals surface area contributed by atoms with E-state index in [4.69, 9.17) is 10.2 Å². The van der Waals surface area contributed by atoms with E-state index < -0.39 is 11.9 Å². The Morgan fingerprint density at radius 1 is 1.18 bits per heavy atom. The minimum Gasteiger partial charge on any atom is -0.478 e. The van der Waals surface area contributed by atoms with E-state index in [1.807, 2.05) is 0 Å². The van der Waals surface area contributed by atoms with Gasteiger partial charge in [-0.05, 0) is 42.0 Å². The zero-order chi connectivity index (χ0) is 12.4. The van der Waals surface area contributed by atoms with Crippen molar-refractivity contribution < 1.29 is 19.8 Å². The first kappa shape index (κ1) is 11.4. The molecule has 0 saturated heterocycles. The predicted octanol–water partition coefficient (Wildman–Crippen LogP) is 2.19. The molecule has 0 bridgehead atoms. The molecule has 2 rings (SSSR count). The molecule has 1 aliphatic rings. The zero-order valence-corrected chi connectivity index (χ0v) is 9.14. The third-order valence-corrected chi connectivity index (χ3v) is 2.92. The Morgan fingerprint density at radius 3 is 2.59 bits per heavy atom. The molecule has 1 aromatic carbocycles. The molecule has 0 spiro atoms. The lowest BCUT2D eigenvalue weighted by Crippen LogP contribution is -2.10. The monoisotopic (exact) mass is 232 g/mol. The Morgan fingerprint density at radius 2 is 1.94 bits per heavy atom. The number of benzene rings is 1. The van der Waals surface area contributed by atoms with Crippen LogP contribution >= 0.6 is 0 Å². The molecular weight excluding hydrogens is 220 g/mol. The molecule has 0 aromatic heterocycles. The smallest absolute Gasteiger partial charge is 0.335 e. The molecule has 0 atom stereocenters. The van der Waals surface area contributed by atoms with Crippen molar-refractivity contribution in [2.75, 3.05) is 0 Å². The number of aliphatic carboxylic acids is 1. The summed E-state index contributed by atoms with van der Waals surface area (Å²) >= 11 is 0. The van der Waals surface area contributed by atoms with Crippen molar-refractivity contribution in [1.82, 2.24) is 0 Å². The van der Waals surface area contributed by atoms with Crippen LogP contribution in [-0.2, 0) is 11.2 Å². The van der Waals surface area contributed by atoms with Crippen molar-refractivity contribution in [3.05, 3.63) is 41.0 Å². The van der Waals surface area contributed by atoms with E-state index in [0.717, 1.165) is 17.5 Å². The maximum Gasteiger partial charge on any atom is 0.335 e. The summed E-state index contributed by atoms with van der Waals surface area (Å²) < 4.78 is 0. The van der Waals surface area contributed by atoms with Gasteiger partial charge < -0.3 is 10.2 Å². The highest BCUT2D eigenvalue weighted by Gasteiger charge is 2.20. The Balaban J connectivity index is 2.57. The van der Waals surface area contributed by atoms with Crippen LogP contribution in [0.15, 0.2) is 24.3 Å².